The molecule has 49 valence electrons. The molecule has 0 atom stereocenters. The maximum Gasteiger partial charge on any atom is 1.00 e. The van der Waals surface area contributed by atoms with E-state index in [0.29, 0.717) is 0 Å². The summed E-state index contributed by atoms with van der Waals surface area (Å²) < 4.78 is 0. The molecule has 0 aromatic rings. The van der Waals surface area contributed by atoms with Crippen molar-refractivity contribution >= 4 is 30.3 Å². The normalized spacial score (nSPS) is 6.71. The maximum atomic E-state index is 6.25. The van der Waals surface area contributed by atoms with Gasteiger partial charge >= 0.3 is 58.5 Å². The summed E-state index contributed by atoms with van der Waals surface area (Å²) in [6.45, 7) is 4.75. The molecule has 0 saturated carbocycles. The van der Waals surface area contributed by atoms with Gasteiger partial charge in [-0.15, -0.1) is 0 Å². The summed E-state index contributed by atoms with van der Waals surface area (Å²) in [5, 5.41) is 6.25. The van der Waals surface area contributed by atoms with Crippen LogP contribution in [0.15, 0.2) is 0 Å². The molecule has 0 aliphatic rings. The number of halogens is 3. The summed E-state index contributed by atoms with van der Waals surface area (Å²) in [4.78, 5) is 0. The van der Waals surface area contributed by atoms with Crippen LogP contribution in [-0.4, -0.2) is 0 Å². The predicted molar refractivity (Wildman–Crippen MR) is 22.5 cm³/mol. The third-order valence-electron chi connectivity index (χ3n) is 0. The fourth-order valence-corrected chi connectivity index (χ4v) is 0. The first-order chi connectivity index (χ1) is 2.73. The van der Waals surface area contributed by atoms with Crippen LogP contribution in [0.25, 0.3) is 0 Å². The van der Waals surface area contributed by atoms with Crippen LogP contribution >= 0.6 is 30.3 Å². The van der Waals surface area contributed by atoms with E-state index in [4.69, 9.17) is 42.1 Å². The van der Waals surface area contributed by atoms with Crippen LogP contribution < -0.4 is 0 Å². The van der Waals surface area contributed by atoms with E-state index >= 15 is 0 Å². The number of rotatable bonds is 0. The molecule has 0 aliphatic carbocycles. The van der Waals surface area contributed by atoms with Crippen molar-refractivity contribution in [2.75, 3.05) is 0 Å². The maximum absolute atomic E-state index is 6.25. The molecule has 0 bridgehead atoms. The molecule has 0 saturated heterocycles. The van der Waals surface area contributed by atoms with Gasteiger partial charge in [-0.1, -0.05) is 0 Å². The minimum Gasteiger partial charge on any atom is 1.00 e. The van der Waals surface area contributed by atoms with Gasteiger partial charge in [0.1, 0.15) is 0 Å². The van der Waals surface area contributed by atoms with Crippen molar-refractivity contribution in [2.45, 2.75) is 0 Å². The molecular weight excluding hydrogens is 252 g/mol. The van der Waals surface area contributed by atoms with E-state index in [-0.39, 0.29) is 17.1 Å². The second-order valence-corrected chi connectivity index (χ2v) is 5.62. The molecule has 0 heterocycles. The zero-order valence-corrected chi connectivity index (χ0v) is 7.05. The smallest absolute Gasteiger partial charge is 1.00 e. The third kappa shape index (κ3) is 110. The summed E-state index contributed by atoms with van der Waals surface area (Å²) in [7, 11) is 14.7. The van der Waals surface area contributed by atoms with E-state index in [2.05, 4.69) is 0 Å². The summed E-state index contributed by atoms with van der Waals surface area (Å²) in [6, 6.07) is 0. The Morgan fingerprint density at radius 3 is 1.14 bits per heavy atom. The Morgan fingerprint density at radius 2 is 1.14 bits per heavy atom. The zero-order valence-electron chi connectivity index (χ0n) is 2.74. The predicted octanol–water partition coefficient (Wildman–Crippen LogP) is 2.16. The van der Waals surface area contributed by atoms with E-state index in [1.807, 2.05) is 0 Å². The van der Waals surface area contributed by atoms with Crippen LogP contribution in [0.4, 0.5) is 0 Å². The molecule has 0 unspecified atom stereocenters. The quantitative estimate of drug-likeness (QED) is 0.478. The fourth-order valence-electron chi connectivity index (χ4n) is 0. The van der Waals surface area contributed by atoms with Gasteiger partial charge < -0.3 is 11.8 Å². The van der Waals surface area contributed by atoms with Gasteiger partial charge in [0.25, 0.3) is 0 Å². The third-order valence-corrected chi connectivity index (χ3v) is 0. The van der Waals surface area contributed by atoms with Crippen molar-refractivity contribution in [3.63, 3.8) is 0 Å². The molecule has 1 nitrogen and oxygen atoms in total. The molecule has 0 aromatic heterocycles. The molecule has 0 N–H and O–H groups in total. The first-order valence-electron chi connectivity index (χ1n) is 0.624. The second-order valence-electron chi connectivity index (χ2n) is 0.152. The van der Waals surface area contributed by atoms with Gasteiger partial charge in [0.15, 0.2) is 0 Å². The fraction of sp³-hybridized carbons (Fsp3) is 0. The summed E-state index contributed by atoms with van der Waals surface area (Å²) in [6.07, 6.45) is 0. The summed E-state index contributed by atoms with van der Waals surface area (Å²) in [5.74, 6) is 0. The zero-order chi connectivity index (χ0) is 5.58. The number of hydrogen-bond donors (Lipinski definition) is 0. The van der Waals surface area contributed by atoms with Crippen LogP contribution in [-0.2, 0) is 28.2 Å². The largest absolute Gasteiger partial charge is 1.00 e. The Labute approximate surface area is 70.0 Å². The standard InChI is InChI=1S/CN.3ClH.Cu.Fe/c1-2;;;;;/h;3*1H;;/q-1;;;;+1;+3/p-3. The molecule has 0 aromatic carbocycles. The Kier molecular flexibility index (Phi) is 35.3. The Bertz CT molecular complexity index is 36.4. The van der Waals surface area contributed by atoms with E-state index < -0.39 is 11.2 Å². The van der Waals surface area contributed by atoms with Crippen molar-refractivity contribution in [1.82, 2.24) is 0 Å². The molecule has 0 aliphatic heterocycles. The SMILES string of the molecule is [C-]#N.[Cl][Fe]([Cl])[Cl].[Cu+]. The van der Waals surface area contributed by atoms with E-state index in [9.17, 15) is 0 Å². The van der Waals surface area contributed by atoms with Crippen LogP contribution in [0.3, 0.4) is 0 Å². The van der Waals surface area contributed by atoms with Gasteiger partial charge in [-0.25, -0.2) is 0 Å². The van der Waals surface area contributed by atoms with Gasteiger partial charge in [0.2, 0.25) is 0 Å². The molecule has 7 heavy (non-hydrogen) atoms. The van der Waals surface area contributed by atoms with Gasteiger partial charge in [-0.05, 0) is 0 Å². The number of hydrogen-bond acceptors (Lipinski definition) is 1. The van der Waals surface area contributed by atoms with Gasteiger partial charge in [0, 0.05) is 0 Å². The molecule has 0 radical (unpaired) electrons. The molecule has 0 rings (SSSR count). The topological polar surface area (TPSA) is 23.8 Å². The molecule has 0 spiro atoms. The summed E-state index contributed by atoms with van der Waals surface area (Å²) >= 11 is -1.33. The van der Waals surface area contributed by atoms with Crippen LogP contribution in [0, 0.1) is 11.8 Å². The van der Waals surface area contributed by atoms with E-state index in [1.165, 1.54) is 0 Å². The van der Waals surface area contributed by atoms with Crippen molar-refractivity contribution < 1.29 is 28.2 Å². The molecule has 6 heteroatoms. The van der Waals surface area contributed by atoms with Crippen molar-refractivity contribution in [3.05, 3.63) is 6.57 Å². The van der Waals surface area contributed by atoms with Crippen molar-refractivity contribution in [2.24, 2.45) is 0 Å². The van der Waals surface area contributed by atoms with Gasteiger partial charge in [-0.3, -0.25) is 0 Å². The summed E-state index contributed by atoms with van der Waals surface area (Å²) in [5.41, 5.74) is 0. The monoisotopic (exact) mass is 250 g/mol. The van der Waals surface area contributed by atoms with E-state index in [1.54, 1.807) is 0 Å². The van der Waals surface area contributed by atoms with Crippen molar-refractivity contribution in [1.29, 1.82) is 5.26 Å². The van der Waals surface area contributed by atoms with Crippen LogP contribution in [0.1, 0.15) is 0 Å². The molecule has 0 fully saturated rings. The average Bonchev–Trinajstić information content (AvgIpc) is 1.41. The Hall–Kier alpha value is 1.40. The number of nitrogens with zero attached hydrogens (tertiary/aromatic N) is 1. The van der Waals surface area contributed by atoms with E-state index in [0.717, 1.165) is 0 Å². The molecular formula is CCl3CuFeN. The van der Waals surface area contributed by atoms with Crippen molar-refractivity contribution in [3.8, 4) is 0 Å². The first-order valence-corrected chi connectivity index (χ1v) is 5.18. The average molecular weight is 252 g/mol. The minimum absolute atomic E-state index is 0. The first kappa shape index (κ1) is 15.8. The van der Waals surface area contributed by atoms with Crippen LogP contribution in [0.2, 0.25) is 0 Å². The van der Waals surface area contributed by atoms with Gasteiger partial charge in [0.05, 0.1) is 0 Å². The second kappa shape index (κ2) is 15.7. The Balaban J connectivity index is -0.0000000480. The Morgan fingerprint density at radius 1 is 1.14 bits per heavy atom. The minimum atomic E-state index is -1.33. The molecule has 0 amide bonds. The van der Waals surface area contributed by atoms with Crippen LogP contribution in [0.5, 0.6) is 0 Å². The van der Waals surface area contributed by atoms with Gasteiger partial charge in [-0.2, -0.15) is 0 Å².